The van der Waals surface area contributed by atoms with E-state index in [1.807, 2.05) is 6.08 Å². The molecule has 0 aliphatic heterocycles. The van der Waals surface area contributed by atoms with Crippen molar-refractivity contribution in [3.8, 4) is 0 Å². The minimum absolute atomic E-state index is 0.0696. The molecular weight excluding hydrogens is 460 g/mol. The molecule has 0 unspecified atom stereocenters. The predicted octanol–water partition coefficient (Wildman–Crippen LogP) is 6.61. The third-order valence-electron chi connectivity index (χ3n) is 10.5. The first-order chi connectivity index (χ1) is 17.4. The molecule has 4 fully saturated rings. The Balaban J connectivity index is 1.48. The zero-order chi connectivity index (χ0) is 27.0. The van der Waals surface area contributed by atoms with Crippen LogP contribution in [0.3, 0.4) is 0 Å². The monoisotopic (exact) mass is 510 g/mol. The summed E-state index contributed by atoms with van der Waals surface area (Å²) >= 11 is 0. The van der Waals surface area contributed by atoms with Crippen molar-refractivity contribution in [1.29, 1.82) is 0 Å². The molecule has 0 bridgehead atoms. The minimum atomic E-state index is -0.677. The average Bonchev–Trinajstić information content (AvgIpc) is 3.58. The minimum Gasteiger partial charge on any atom is -0.393 e. The van der Waals surface area contributed by atoms with Crippen molar-refractivity contribution in [3.05, 3.63) is 47.6 Å². The third kappa shape index (κ3) is 5.63. The lowest BCUT2D eigenvalue weighted by atomic mass is 9.57. The SMILES string of the molecule is C=C1/C(=C\C=C2/CCC[C@]3(C)[C@@H](C(C)(C)/C=C/[C@@H](O)C4(C(=O)CCCC)CC4)CC[C@@H]23)C[C@@H](O)C[C@@H]1O. The van der Waals surface area contributed by atoms with Crippen LogP contribution in [-0.2, 0) is 4.79 Å². The van der Waals surface area contributed by atoms with Gasteiger partial charge in [-0.25, -0.2) is 0 Å². The highest BCUT2D eigenvalue weighted by atomic mass is 16.3. The van der Waals surface area contributed by atoms with Crippen molar-refractivity contribution in [2.45, 2.75) is 123 Å². The van der Waals surface area contributed by atoms with Crippen LogP contribution in [-0.4, -0.2) is 39.4 Å². The van der Waals surface area contributed by atoms with Crippen molar-refractivity contribution in [1.82, 2.24) is 0 Å². The van der Waals surface area contributed by atoms with Gasteiger partial charge in [-0.3, -0.25) is 4.79 Å². The summed E-state index contributed by atoms with van der Waals surface area (Å²) in [6.45, 7) is 13.3. The van der Waals surface area contributed by atoms with Crippen LogP contribution in [0.25, 0.3) is 0 Å². The van der Waals surface area contributed by atoms with E-state index in [4.69, 9.17) is 0 Å². The van der Waals surface area contributed by atoms with Gasteiger partial charge in [0.25, 0.3) is 0 Å². The summed E-state index contributed by atoms with van der Waals surface area (Å²) in [7, 11) is 0. The zero-order valence-corrected chi connectivity index (χ0v) is 23.6. The van der Waals surface area contributed by atoms with E-state index in [1.54, 1.807) is 0 Å². The van der Waals surface area contributed by atoms with Gasteiger partial charge in [0.05, 0.1) is 23.7 Å². The molecule has 0 aromatic carbocycles. The Bertz CT molecular complexity index is 965. The van der Waals surface area contributed by atoms with Gasteiger partial charge in [0.15, 0.2) is 0 Å². The quantitative estimate of drug-likeness (QED) is 0.305. The maximum absolute atomic E-state index is 12.8. The van der Waals surface area contributed by atoms with E-state index < -0.39 is 23.7 Å². The van der Waals surface area contributed by atoms with Crippen LogP contribution in [0.4, 0.5) is 0 Å². The first-order valence-electron chi connectivity index (χ1n) is 14.8. The van der Waals surface area contributed by atoms with Gasteiger partial charge in [-0.1, -0.05) is 70.6 Å². The zero-order valence-electron chi connectivity index (χ0n) is 23.6. The molecule has 0 aromatic rings. The second-order valence-electron chi connectivity index (χ2n) is 13.4. The Morgan fingerprint density at radius 2 is 1.92 bits per heavy atom. The number of allylic oxidation sites excluding steroid dienone is 4. The number of hydrogen-bond donors (Lipinski definition) is 3. The van der Waals surface area contributed by atoms with Gasteiger partial charge in [-0.05, 0) is 91.6 Å². The van der Waals surface area contributed by atoms with Gasteiger partial charge in [-0.2, -0.15) is 0 Å². The smallest absolute Gasteiger partial charge is 0.141 e. The molecule has 3 N–H and O–H groups in total. The van der Waals surface area contributed by atoms with Gasteiger partial charge in [0, 0.05) is 12.8 Å². The summed E-state index contributed by atoms with van der Waals surface area (Å²) in [5.74, 6) is 1.27. The second kappa shape index (κ2) is 10.9. The molecule has 4 aliphatic carbocycles. The number of carbonyl (C=O) groups is 1. The molecule has 0 heterocycles. The Hall–Kier alpha value is -1.49. The van der Waals surface area contributed by atoms with Crippen molar-refractivity contribution in [2.24, 2.45) is 28.1 Å². The molecule has 0 radical (unpaired) electrons. The van der Waals surface area contributed by atoms with Crippen molar-refractivity contribution < 1.29 is 20.1 Å². The van der Waals surface area contributed by atoms with Crippen LogP contribution in [0.1, 0.15) is 105 Å². The van der Waals surface area contributed by atoms with Crippen LogP contribution >= 0.6 is 0 Å². The van der Waals surface area contributed by atoms with E-state index >= 15 is 0 Å². The summed E-state index contributed by atoms with van der Waals surface area (Å²) < 4.78 is 0. The molecule has 0 amide bonds. The third-order valence-corrected chi connectivity index (χ3v) is 10.5. The summed E-state index contributed by atoms with van der Waals surface area (Å²) in [5.41, 5.74) is 2.81. The van der Waals surface area contributed by atoms with Crippen LogP contribution < -0.4 is 0 Å². The van der Waals surface area contributed by atoms with E-state index in [-0.39, 0.29) is 16.6 Å². The molecule has 4 saturated carbocycles. The van der Waals surface area contributed by atoms with Crippen LogP contribution in [0.2, 0.25) is 0 Å². The lowest BCUT2D eigenvalue weighted by Crippen LogP contribution is -2.39. The Morgan fingerprint density at radius 1 is 1.19 bits per heavy atom. The number of unbranched alkanes of at least 4 members (excludes halogenated alkanes) is 1. The molecule has 0 saturated heterocycles. The van der Waals surface area contributed by atoms with Crippen molar-refractivity contribution in [3.63, 3.8) is 0 Å². The number of Topliss-reactive ketones (excluding diaryl/α,β-unsaturated/α-hetero) is 1. The van der Waals surface area contributed by atoms with Gasteiger partial charge in [-0.15, -0.1) is 0 Å². The molecule has 0 aromatic heterocycles. The fourth-order valence-corrected chi connectivity index (χ4v) is 8.03. The van der Waals surface area contributed by atoms with Crippen molar-refractivity contribution in [2.75, 3.05) is 0 Å². The first-order valence-corrected chi connectivity index (χ1v) is 14.8. The van der Waals surface area contributed by atoms with E-state index in [2.05, 4.69) is 52.5 Å². The highest BCUT2D eigenvalue weighted by molar-refractivity contribution is 5.88. The van der Waals surface area contributed by atoms with E-state index in [0.29, 0.717) is 31.1 Å². The molecule has 6 atom stereocenters. The summed E-state index contributed by atoms with van der Waals surface area (Å²) in [5, 5.41) is 31.4. The van der Waals surface area contributed by atoms with E-state index in [1.165, 1.54) is 24.8 Å². The largest absolute Gasteiger partial charge is 0.393 e. The molecule has 4 nitrogen and oxygen atoms in total. The van der Waals surface area contributed by atoms with Crippen LogP contribution in [0, 0.1) is 28.1 Å². The average molecular weight is 511 g/mol. The molecular formula is C33H50O4. The normalized spacial score (nSPS) is 36.8. The number of ketones is 1. The molecule has 37 heavy (non-hydrogen) atoms. The van der Waals surface area contributed by atoms with E-state index in [0.717, 1.165) is 49.7 Å². The predicted molar refractivity (Wildman–Crippen MR) is 150 cm³/mol. The summed E-state index contributed by atoms with van der Waals surface area (Å²) in [6, 6.07) is 0. The van der Waals surface area contributed by atoms with Crippen LogP contribution in [0.5, 0.6) is 0 Å². The molecule has 206 valence electrons. The van der Waals surface area contributed by atoms with E-state index in [9.17, 15) is 20.1 Å². The van der Waals surface area contributed by atoms with Crippen molar-refractivity contribution >= 4 is 5.78 Å². The van der Waals surface area contributed by atoms with Gasteiger partial charge >= 0.3 is 0 Å². The number of rotatable bonds is 9. The Labute approximate surface area is 224 Å². The van der Waals surface area contributed by atoms with Gasteiger partial charge in [0.1, 0.15) is 5.78 Å². The molecule has 4 aliphatic rings. The van der Waals surface area contributed by atoms with Gasteiger partial charge < -0.3 is 15.3 Å². The fraction of sp³-hybridized carbons (Fsp3) is 0.727. The maximum Gasteiger partial charge on any atom is 0.141 e. The lowest BCUT2D eigenvalue weighted by Gasteiger charge is -2.47. The van der Waals surface area contributed by atoms with Gasteiger partial charge in [0.2, 0.25) is 0 Å². The Kier molecular flexibility index (Phi) is 8.43. The summed E-state index contributed by atoms with van der Waals surface area (Å²) in [6.07, 6.45) is 17.6. The number of fused-ring (bicyclic) bond motifs is 1. The molecule has 4 rings (SSSR count). The summed E-state index contributed by atoms with van der Waals surface area (Å²) in [4.78, 5) is 12.8. The van der Waals surface area contributed by atoms with Crippen LogP contribution in [0.15, 0.2) is 47.6 Å². The number of hydrogen-bond acceptors (Lipinski definition) is 4. The highest BCUT2D eigenvalue weighted by Gasteiger charge is 2.55. The number of aliphatic hydroxyl groups excluding tert-OH is 3. The standard InChI is InChI=1S/C33H50O4/c1-6-7-10-29(36)33(18-19-33)30(37)15-17-31(3,4)28-14-13-26-23(9-8-16-32(26,28)5)11-12-24-20-25(34)21-27(35)22(24)2/h11-12,15,17,25-28,30,34-35,37H,2,6-10,13-14,16,18-21H2,1,3-5H3/b17-15+,23-11+,24-12-/t25-,26+,27+,28-,30-,32+/m1/s1. The topological polar surface area (TPSA) is 77.8 Å². The first kappa shape index (κ1) is 28.5. The molecule has 4 heteroatoms. The highest BCUT2D eigenvalue weighted by Crippen LogP contribution is 2.62. The lowest BCUT2D eigenvalue weighted by molar-refractivity contribution is -0.127. The fourth-order valence-electron chi connectivity index (χ4n) is 8.03. The Morgan fingerprint density at radius 3 is 2.59 bits per heavy atom. The number of aliphatic hydroxyl groups is 3. The maximum atomic E-state index is 12.8. The second-order valence-corrected chi connectivity index (χ2v) is 13.4. The molecule has 0 spiro atoms. The number of carbonyl (C=O) groups excluding carboxylic acids is 1.